The summed E-state index contributed by atoms with van der Waals surface area (Å²) in [6.07, 6.45) is 6.27. The van der Waals surface area contributed by atoms with Gasteiger partial charge >= 0.3 is 0 Å². The topological polar surface area (TPSA) is 101 Å². The summed E-state index contributed by atoms with van der Waals surface area (Å²) in [5, 5.41) is 2.83. The second kappa shape index (κ2) is 9.94. The van der Waals surface area contributed by atoms with Crippen LogP contribution in [-0.2, 0) is 4.79 Å². The van der Waals surface area contributed by atoms with Crippen molar-refractivity contribution in [2.45, 2.75) is 12.8 Å². The number of carbonyl (C=O) groups is 2. The van der Waals surface area contributed by atoms with Gasteiger partial charge in [0.2, 0.25) is 5.91 Å². The van der Waals surface area contributed by atoms with E-state index in [4.69, 9.17) is 5.73 Å². The molecule has 2 aromatic heterocycles. The summed E-state index contributed by atoms with van der Waals surface area (Å²) in [6, 6.07) is 6.72. The number of nitrogens with zero attached hydrogens (tertiary/aromatic N) is 3. The number of amides is 2. The molecule has 1 saturated heterocycles. The Balaban J connectivity index is 0.00000169. The molecule has 0 radical (unpaired) electrons. The lowest BCUT2D eigenvalue weighted by Crippen LogP contribution is -2.43. The van der Waals surface area contributed by atoms with Crippen molar-refractivity contribution < 1.29 is 9.59 Å². The van der Waals surface area contributed by atoms with Gasteiger partial charge in [0, 0.05) is 31.0 Å². The Hall–Kier alpha value is -2.38. The lowest BCUT2D eigenvalue weighted by molar-refractivity contribution is -0.121. The number of nitrogen functional groups attached to an aromatic ring is 1. The zero-order valence-corrected chi connectivity index (χ0v) is 15.6. The molecule has 2 amide bonds. The van der Waals surface area contributed by atoms with Gasteiger partial charge in [-0.15, -0.1) is 24.8 Å². The van der Waals surface area contributed by atoms with Gasteiger partial charge in [0.05, 0.1) is 17.8 Å². The highest BCUT2D eigenvalue weighted by molar-refractivity contribution is 5.96. The number of likely N-dealkylation sites (tertiary alicyclic amines) is 1. The molecular weight excluding hydrogens is 377 g/mol. The molecule has 1 unspecified atom stereocenters. The van der Waals surface area contributed by atoms with E-state index in [-0.39, 0.29) is 42.5 Å². The van der Waals surface area contributed by atoms with E-state index in [1.54, 1.807) is 41.6 Å². The van der Waals surface area contributed by atoms with Gasteiger partial charge in [0.25, 0.3) is 5.91 Å². The minimum Gasteiger partial charge on any atom is -0.384 e. The molecular formula is C17H21Cl2N5O2. The molecule has 0 aliphatic carbocycles. The number of carbonyl (C=O) groups excluding carboxylic acids is 2. The molecule has 140 valence electrons. The molecule has 1 aliphatic heterocycles. The van der Waals surface area contributed by atoms with Crippen molar-refractivity contribution >= 4 is 48.1 Å². The lowest BCUT2D eigenvalue weighted by Gasteiger charge is -2.32. The van der Waals surface area contributed by atoms with E-state index in [0.717, 1.165) is 12.8 Å². The minimum atomic E-state index is -0.234. The van der Waals surface area contributed by atoms with E-state index < -0.39 is 0 Å². The molecule has 3 rings (SSSR count). The number of anilines is 2. The maximum atomic E-state index is 12.5. The van der Waals surface area contributed by atoms with Gasteiger partial charge in [-0.25, -0.2) is 4.98 Å². The van der Waals surface area contributed by atoms with Crippen molar-refractivity contribution in [3.8, 4) is 0 Å². The molecule has 1 aliphatic rings. The first kappa shape index (κ1) is 21.7. The van der Waals surface area contributed by atoms with E-state index in [1.165, 1.54) is 6.20 Å². The second-order valence-electron chi connectivity index (χ2n) is 5.79. The number of piperidine rings is 1. The van der Waals surface area contributed by atoms with Crippen molar-refractivity contribution in [2.75, 3.05) is 24.1 Å². The Kier molecular flexibility index (Phi) is 8.28. The number of aromatic nitrogens is 2. The third kappa shape index (κ3) is 5.31. The van der Waals surface area contributed by atoms with Crippen LogP contribution < -0.4 is 11.1 Å². The summed E-state index contributed by atoms with van der Waals surface area (Å²) >= 11 is 0. The van der Waals surface area contributed by atoms with Crippen LogP contribution in [0, 0.1) is 5.92 Å². The van der Waals surface area contributed by atoms with Gasteiger partial charge in [-0.05, 0) is 37.1 Å². The average molecular weight is 398 g/mol. The predicted octanol–water partition coefficient (Wildman–Crippen LogP) is 2.39. The Morgan fingerprint density at radius 3 is 2.54 bits per heavy atom. The molecule has 26 heavy (non-hydrogen) atoms. The van der Waals surface area contributed by atoms with E-state index in [1.807, 2.05) is 0 Å². The summed E-state index contributed by atoms with van der Waals surface area (Å²) < 4.78 is 0. The van der Waals surface area contributed by atoms with Gasteiger partial charge in [-0.1, -0.05) is 0 Å². The lowest BCUT2D eigenvalue weighted by atomic mass is 9.96. The van der Waals surface area contributed by atoms with Gasteiger partial charge in [-0.2, -0.15) is 0 Å². The monoisotopic (exact) mass is 397 g/mol. The average Bonchev–Trinajstić information content (AvgIpc) is 2.64. The highest BCUT2D eigenvalue weighted by atomic mass is 35.5. The number of nitrogens with one attached hydrogen (secondary N) is 1. The molecule has 3 N–H and O–H groups in total. The van der Waals surface area contributed by atoms with Crippen LogP contribution in [0.15, 0.2) is 42.9 Å². The molecule has 2 aromatic rings. The third-order valence-corrected chi connectivity index (χ3v) is 4.06. The quantitative estimate of drug-likeness (QED) is 0.827. The molecule has 0 spiro atoms. The molecule has 0 aromatic carbocycles. The van der Waals surface area contributed by atoms with E-state index in [2.05, 4.69) is 15.3 Å². The van der Waals surface area contributed by atoms with Crippen LogP contribution in [0.5, 0.6) is 0 Å². The molecule has 0 bridgehead atoms. The number of rotatable bonds is 3. The standard InChI is InChI=1S/C17H19N5O2.2ClH/c18-15-4-3-14(10-20-15)21-16(23)13-2-1-9-22(11-13)17(24)12-5-7-19-8-6-12;;/h3-8,10,13H,1-2,9,11H2,(H2,18,20)(H,21,23);2*1H. The van der Waals surface area contributed by atoms with Crippen molar-refractivity contribution in [1.82, 2.24) is 14.9 Å². The summed E-state index contributed by atoms with van der Waals surface area (Å²) in [6.45, 7) is 1.07. The van der Waals surface area contributed by atoms with Gasteiger partial charge in [0.15, 0.2) is 0 Å². The molecule has 7 nitrogen and oxygen atoms in total. The molecule has 1 fully saturated rings. The maximum absolute atomic E-state index is 12.5. The van der Waals surface area contributed by atoms with Crippen molar-refractivity contribution in [2.24, 2.45) is 5.92 Å². The molecule has 0 saturated carbocycles. The van der Waals surface area contributed by atoms with E-state index in [0.29, 0.717) is 30.2 Å². The number of pyridine rings is 2. The minimum absolute atomic E-state index is 0. The molecule has 1 atom stereocenters. The highest BCUT2D eigenvalue weighted by Gasteiger charge is 2.29. The maximum Gasteiger partial charge on any atom is 0.253 e. The summed E-state index contributed by atoms with van der Waals surface area (Å²) in [5.41, 5.74) is 6.73. The van der Waals surface area contributed by atoms with Crippen LogP contribution in [-0.4, -0.2) is 39.8 Å². The summed E-state index contributed by atoms with van der Waals surface area (Å²) in [5.74, 6) is -0.000250. The van der Waals surface area contributed by atoms with Crippen molar-refractivity contribution in [3.63, 3.8) is 0 Å². The van der Waals surface area contributed by atoms with Gasteiger partial charge < -0.3 is 16.0 Å². The fourth-order valence-corrected chi connectivity index (χ4v) is 2.78. The largest absolute Gasteiger partial charge is 0.384 e. The number of hydrogen-bond donors (Lipinski definition) is 2. The highest BCUT2D eigenvalue weighted by Crippen LogP contribution is 2.20. The zero-order chi connectivity index (χ0) is 16.9. The Morgan fingerprint density at radius 2 is 1.88 bits per heavy atom. The number of halogens is 2. The Morgan fingerprint density at radius 1 is 1.15 bits per heavy atom. The Labute approximate surface area is 164 Å². The van der Waals surface area contributed by atoms with Crippen LogP contribution in [0.4, 0.5) is 11.5 Å². The van der Waals surface area contributed by atoms with E-state index in [9.17, 15) is 9.59 Å². The first-order valence-electron chi connectivity index (χ1n) is 7.85. The van der Waals surface area contributed by atoms with Crippen molar-refractivity contribution in [3.05, 3.63) is 48.4 Å². The first-order valence-corrected chi connectivity index (χ1v) is 7.85. The van der Waals surface area contributed by atoms with E-state index >= 15 is 0 Å². The molecule has 9 heteroatoms. The van der Waals surface area contributed by atoms with Crippen molar-refractivity contribution in [1.29, 1.82) is 0 Å². The van der Waals surface area contributed by atoms with Crippen LogP contribution in [0.3, 0.4) is 0 Å². The number of hydrogen-bond acceptors (Lipinski definition) is 5. The normalized spacial score (nSPS) is 16.0. The smallest absolute Gasteiger partial charge is 0.253 e. The van der Waals surface area contributed by atoms with Gasteiger partial charge in [0.1, 0.15) is 5.82 Å². The summed E-state index contributed by atoms with van der Waals surface area (Å²) in [7, 11) is 0. The Bertz CT molecular complexity index is 728. The second-order valence-corrected chi connectivity index (χ2v) is 5.79. The molecule has 3 heterocycles. The van der Waals surface area contributed by atoms with Gasteiger partial charge in [-0.3, -0.25) is 14.6 Å². The fraction of sp³-hybridized carbons (Fsp3) is 0.294. The fourth-order valence-electron chi connectivity index (χ4n) is 2.78. The third-order valence-electron chi connectivity index (χ3n) is 4.06. The first-order chi connectivity index (χ1) is 11.6. The van der Waals surface area contributed by atoms with Crippen LogP contribution in [0.25, 0.3) is 0 Å². The van der Waals surface area contributed by atoms with Crippen LogP contribution in [0.1, 0.15) is 23.2 Å². The van der Waals surface area contributed by atoms with Crippen LogP contribution in [0.2, 0.25) is 0 Å². The zero-order valence-electron chi connectivity index (χ0n) is 14.0. The van der Waals surface area contributed by atoms with Crippen LogP contribution >= 0.6 is 24.8 Å². The predicted molar refractivity (Wildman–Crippen MR) is 105 cm³/mol. The SMILES string of the molecule is Cl.Cl.Nc1ccc(NC(=O)C2CCCN(C(=O)c3ccncc3)C2)cn1. The summed E-state index contributed by atoms with van der Waals surface area (Å²) in [4.78, 5) is 34.5. The number of nitrogens with two attached hydrogens (primary N) is 1.